The van der Waals surface area contributed by atoms with Gasteiger partial charge in [0.25, 0.3) is 0 Å². The van der Waals surface area contributed by atoms with Crippen molar-refractivity contribution in [2.24, 2.45) is 104 Å². The highest BCUT2D eigenvalue weighted by molar-refractivity contribution is 5.93. The highest BCUT2D eigenvalue weighted by Gasteiger charge is 2.66. The number of aliphatic hydroxyl groups is 3. The largest absolute Gasteiger partial charge is 0.481 e. The standard InChI is InChI=1S/2C22H33NO3.C20H28O4/c2*1-21-10-9-14(24)11-13(21)5-6-15-16-7-8-17(20(26)23(3)4)22(16,2)12-18(25)19(15)21;1-19-8-7-12(21)9-11(19)3-4-13-14-5-6-15(18(23)24)20(14,2)10-16(22)17(13)19/h2*11,15-19,25H,5-10,12H2,1-4H3;9,13-17,22H,3-8,10H2,1-2H3,(H,23,24)/t2*15-,16-,17+,18-,19+,21-,22-;13-,14-,15+,16-,17+,19-,20-/m000/s1. The third-order valence-corrected chi connectivity index (χ3v) is 25.5. The maximum absolute atomic E-state index is 12.8. The van der Waals surface area contributed by atoms with Gasteiger partial charge in [-0.2, -0.15) is 0 Å². The Kier molecular flexibility index (Phi) is 14.4. The van der Waals surface area contributed by atoms with Gasteiger partial charge in [0.1, 0.15) is 0 Å². The lowest BCUT2D eigenvalue weighted by molar-refractivity contribution is -0.158. The Hall–Kier alpha value is -3.48. The van der Waals surface area contributed by atoms with Crippen molar-refractivity contribution in [1.82, 2.24) is 9.80 Å². The fourth-order valence-electron chi connectivity index (χ4n) is 21.9. The lowest BCUT2D eigenvalue weighted by Gasteiger charge is -2.59. The number of aliphatic carboxylic acids is 1. The first-order chi connectivity index (χ1) is 35.6. The molecule has 12 nitrogen and oxygen atoms in total. The molecular formula is C64H94N2O10. The van der Waals surface area contributed by atoms with Crippen molar-refractivity contribution in [3.05, 3.63) is 34.9 Å². The smallest absolute Gasteiger partial charge is 0.307 e. The van der Waals surface area contributed by atoms with Crippen molar-refractivity contribution in [2.45, 2.75) is 195 Å². The van der Waals surface area contributed by atoms with Gasteiger partial charge >= 0.3 is 5.97 Å². The van der Waals surface area contributed by atoms with Crippen LogP contribution in [0.5, 0.6) is 0 Å². The van der Waals surface area contributed by atoms with Gasteiger partial charge in [-0.1, -0.05) is 58.3 Å². The number of carbonyl (C=O) groups excluding carboxylic acids is 5. The number of amides is 2. The van der Waals surface area contributed by atoms with Gasteiger partial charge < -0.3 is 30.2 Å². The molecule has 12 rings (SSSR count). The third kappa shape index (κ3) is 8.56. The monoisotopic (exact) mass is 1050 g/mol. The zero-order valence-electron chi connectivity index (χ0n) is 47.9. The van der Waals surface area contributed by atoms with E-state index in [0.717, 1.165) is 109 Å². The maximum atomic E-state index is 12.8. The maximum Gasteiger partial charge on any atom is 0.307 e. The molecule has 12 aliphatic rings. The van der Waals surface area contributed by atoms with E-state index < -0.39 is 12.1 Å². The molecule has 12 heteroatoms. The molecule has 0 unspecified atom stereocenters. The van der Waals surface area contributed by atoms with E-state index in [9.17, 15) is 49.2 Å². The summed E-state index contributed by atoms with van der Waals surface area (Å²) in [6, 6.07) is 0. The minimum atomic E-state index is -0.698. The van der Waals surface area contributed by atoms with E-state index in [1.165, 1.54) is 16.7 Å². The predicted octanol–water partition coefficient (Wildman–Crippen LogP) is 9.58. The minimum Gasteiger partial charge on any atom is -0.481 e. The second kappa shape index (κ2) is 19.7. The SMILES string of the molecule is CN(C)C(=O)[C@H]1CC[C@H]2[C@@H]3CCC4=CC(=O)CC[C@]4(C)[C@H]3[C@@H](O)C[C@]12C.CN(C)C(=O)[C@H]1CC[C@H]2[C@@H]3CCC4=CC(=O)CC[C@]4(C)[C@H]3[C@@H](O)C[C@]12C.C[C@]12C[C@H](O)[C@H]3[C@@H](CCC4=CC(=O)CC[C@@]43C)[C@@H]1CC[C@@H]2C(=O)O. The van der Waals surface area contributed by atoms with Crippen molar-refractivity contribution in [1.29, 1.82) is 0 Å². The molecule has 0 aromatic heterocycles. The van der Waals surface area contributed by atoms with Crippen LogP contribution in [-0.2, 0) is 28.8 Å². The summed E-state index contributed by atoms with van der Waals surface area (Å²) in [4.78, 5) is 76.5. The number of ketones is 3. The first-order valence-electron chi connectivity index (χ1n) is 30.0. The number of hydrogen-bond acceptors (Lipinski definition) is 9. The zero-order valence-corrected chi connectivity index (χ0v) is 47.9. The Morgan fingerprint density at radius 2 is 0.711 bits per heavy atom. The Labute approximate surface area is 453 Å². The summed E-state index contributed by atoms with van der Waals surface area (Å²) in [6.45, 7) is 13.4. The van der Waals surface area contributed by atoms with Crippen LogP contribution in [0.25, 0.3) is 0 Å². The number of fused-ring (bicyclic) bond motifs is 15. The summed E-state index contributed by atoms with van der Waals surface area (Å²) in [5.74, 6) is 3.65. The molecule has 21 atom stereocenters. The average Bonchev–Trinajstić information content (AvgIpc) is 4.15. The quantitative estimate of drug-likeness (QED) is 0.212. The highest BCUT2D eigenvalue weighted by Crippen LogP contribution is 2.70. The summed E-state index contributed by atoms with van der Waals surface area (Å²) < 4.78 is 0. The summed E-state index contributed by atoms with van der Waals surface area (Å²) in [5, 5.41) is 43.3. The number of carboxylic acid groups (broad SMARTS) is 1. The summed E-state index contributed by atoms with van der Waals surface area (Å²) in [5.41, 5.74) is 3.15. The summed E-state index contributed by atoms with van der Waals surface area (Å²) in [7, 11) is 7.38. The Morgan fingerprint density at radius 1 is 0.434 bits per heavy atom. The van der Waals surface area contributed by atoms with Crippen LogP contribution in [0.1, 0.15) is 176 Å². The number of nitrogens with zero attached hydrogens (tertiary/aromatic N) is 2. The van der Waals surface area contributed by atoms with Crippen molar-refractivity contribution < 1.29 is 49.2 Å². The van der Waals surface area contributed by atoms with Crippen LogP contribution < -0.4 is 0 Å². The minimum absolute atomic E-state index is 0.0378. The molecule has 12 aliphatic carbocycles. The first kappa shape index (κ1) is 55.8. The normalized spacial score (nSPS) is 48.5. The fraction of sp³-hybridized carbons (Fsp3) is 0.812. The van der Waals surface area contributed by atoms with Gasteiger partial charge in [-0.15, -0.1) is 0 Å². The topological polar surface area (TPSA) is 190 Å². The van der Waals surface area contributed by atoms with E-state index in [0.29, 0.717) is 61.2 Å². The number of allylic oxidation sites excluding steroid dienone is 3. The molecule has 0 heterocycles. The van der Waals surface area contributed by atoms with Gasteiger partial charge in [-0.05, 0) is 220 Å². The average molecular weight is 1050 g/mol. The number of carboxylic acids is 1. The Morgan fingerprint density at radius 3 is 0.987 bits per heavy atom. The molecule has 0 radical (unpaired) electrons. The Bertz CT molecular complexity index is 2380. The third-order valence-electron chi connectivity index (χ3n) is 25.5. The van der Waals surface area contributed by atoms with Gasteiger partial charge in [-0.25, -0.2) is 0 Å². The molecule has 0 aliphatic heterocycles. The molecule has 0 aromatic carbocycles. The van der Waals surface area contributed by atoms with Crippen LogP contribution in [0.4, 0.5) is 0 Å². The van der Waals surface area contributed by atoms with Gasteiger partial charge in [-0.3, -0.25) is 28.8 Å². The lowest BCUT2D eigenvalue weighted by atomic mass is 9.46. The lowest BCUT2D eigenvalue weighted by Crippen LogP contribution is -2.57. The predicted molar refractivity (Wildman–Crippen MR) is 290 cm³/mol. The molecule has 4 N–H and O–H groups in total. The fourth-order valence-corrected chi connectivity index (χ4v) is 21.9. The zero-order chi connectivity index (χ0) is 55.0. The van der Waals surface area contributed by atoms with E-state index in [4.69, 9.17) is 0 Å². The molecule has 0 aromatic rings. The molecule has 420 valence electrons. The van der Waals surface area contributed by atoms with Crippen molar-refractivity contribution in [2.75, 3.05) is 28.2 Å². The van der Waals surface area contributed by atoms with Crippen molar-refractivity contribution >= 4 is 35.1 Å². The molecule has 0 bridgehead atoms. The second-order valence-corrected chi connectivity index (χ2v) is 29.2. The molecular weight excluding hydrogens is 957 g/mol. The van der Waals surface area contributed by atoms with Crippen LogP contribution in [-0.4, -0.2) is 112 Å². The molecule has 9 saturated carbocycles. The van der Waals surface area contributed by atoms with Crippen molar-refractivity contribution in [3.8, 4) is 0 Å². The van der Waals surface area contributed by atoms with E-state index in [-0.39, 0.29) is 109 Å². The number of rotatable bonds is 3. The van der Waals surface area contributed by atoms with Crippen LogP contribution >= 0.6 is 0 Å². The van der Waals surface area contributed by atoms with E-state index in [1.54, 1.807) is 9.80 Å². The van der Waals surface area contributed by atoms with Crippen LogP contribution in [0.3, 0.4) is 0 Å². The van der Waals surface area contributed by atoms with Gasteiger partial charge in [0.2, 0.25) is 11.8 Å². The number of carbonyl (C=O) groups is 6. The molecule has 0 spiro atoms. The van der Waals surface area contributed by atoms with E-state index in [1.807, 2.05) is 46.4 Å². The van der Waals surface area contributed by atoms with E-state index >= 15 is 0 Å². The molecule has 76 heavy (non-hydrogen) atoms. The highest BCUT2D eigenvalue weighted by atomic mass is 16.4. The molecule has 0 saturated heterocycles. The molecule has 2 amide bonds. The Balaban J connectivity index is 0.000000130. The van der Waals surface area contributed by atoms with Crippen molar-refractivity contribution in [3.63, 3.8) is 0 Å². The van der Waals surface area contributed by atoms with Crippen LogP contribution in [0.2, 0.25) is 0 Å². The van der Waals surface area contributed by atoms with Gasteiger partial charge in [0.05, 0.1) is 24.2 Å². The number of aliphatic hydroxyl groups excluding tert-OH is 3. The summed E-state index contributed by atoms with van der Waals surface area (Å²) >= 11 is 0. The first-order valence-corrected chi connectivity index (χ1v) is 30.0. The van der Waals surface area contributed by atoms with Crippen LogP contribution in [0, 0.1) is 104 Å². The van der Waals surface area contributed by atoms with Gasteiger partial charge in [0, 0.05) is 59.3 Å². The summed E-state index contributed by atoms with van der Waals surface area (Å²) in [6.07, 6.45) is 22.6. The van der Waals surface area contributed by atoms with Gasteiger partial charge in [0.15, 0.2) is 17.3 Å². The number of hydrogen-bond donors (Lipinski definition) is 4. The molecule has 9 fully saturated rings. The van der Waals surface area contributed by atoms with Crippen LogP contribution in [0.15, 0.2) is 34.9 Å². The van der Waals surface area contributed by atoms with E-state index in [2.05, 4.69) is 41.5 Å². The second-order valence-electron chi connectivity index (χ2n) is 29.2.